The molecule has 0 amide bonds. The molecule has 0 fully saturated rings. The quantitative estimate of drug-likeness (QED) is 0.724. The Bertz CT molecular complexity index is 691. The van der Waals surface area contributed by atoms with Crippen LogP contribution in [0.5, 0.6) is 0 Å². The van der Waals surface area contributed by atoms with Gasteiger partial charge in [0.15, 0.2) is 5.82 Å². The minimum absolute atomic E-state index is 0.563. The molecule has 108 valence electrons. The van der Waals surface area contributed by atoms with Gasteiger partial charge in [-0.1, -0.05) is 22.9 Å². The number of hydrogen-bond donors (Lipinski definition) is 0. The van der Waals surface area contributed by atoms with Crippen molar-refractivity contribution in [3.05, 3.63) is 52.2 Å². The van der Waals surface area contributed by atoms with Gasteiger partial charge in [-0.3, -0.25) is 4.90 Å². The number of aromatic nitrogens is 3. The molecule has 0 spiro atoms. The van der Waals surface area contributed by atoms with Crippen molar-refractivity contribution in [2.45, 2.75) is 20.0 Å². The minimum atomic E-state index is 0.563. The predicted molar refractivity (Wildman–Crippen MR) is 81.8 cm³/mol. The Hall–Kier alpha value is -2.05. The van der Waals surface area contributed by atoms with Crippen LogP contribution >= 0.6 is 11.3 Å². The molecule has 0 aliphatic rings. The highest BCUT2D eigenvalue weighted by atomic mass is 32.1. The normalized spacial score (nSPS) is 11.2. The fraction of sp³-hybridized carbons (Fsp3) is 0.267. The number of aryl methyl sites for hydroxylation is 1. The minimum Gasteiger partial charge on any atom is -0.334 e. The summed E-state index contributed by atoms with van der Waals surface area (Å²) < 4.78 is 5.33. The maximum atomic E-state index is 5.33. The summed E-state index contributed by atoms with van der Waals surface area (Å²) in [6.45, 7) is 3.47. The molecule has 0 aliphatic heterocycles. The van der Waals surface area contributed by atoms with Crippen LogP contribution in [0.15, 0.2) is 40.4 Å². The van der Waals surface area contributed by atoms with Crippen LogP contribution in [0.25, 0.3) is 11.5 Å². The zero-order chi connectivity index (χ0) is 14.7. The summed E-state index contributed by atoms with van der Waals surface area (Å²) in [5.41, 5.74) is 2.16. The SMILES string of the molecule is Cc1ccc(-c2nc(CN(C)Cc3nccs3)no2)cc1. The Morgan fingerprint density at radius 2 is 2.00 bits per heavy atom. The van der Waals surface area contributed by atoms with Crippen LogP contribution in [0.1, 0.15) is 16.4 Å². The first-order valence-corrected chi connectivity index (χ1v) is 7.55. The molecule has 2 aromatic heterocycles. The van der Waals surface area contributed by atoms with E-state index >= 15 is 0 Å². The van der Waals surface area contributed by atoms with E-state index in [0.29, 0.717) is 18.3 Å². The van der Waals surface area contributed by atoms with Gasteiger partial charge in [0, 0.05) is 17.1 Å². The number of hydrogen-bond acceptors (Lipinski definition) is 6. The van der Waals surface area contributed by atoms with E-state index in [4.69, 9.17) is 4.52 Å². The molecular formula is C15H16N4OS. The van der Waals surface area contributed by atoms with Crippen molar-refractivity contribution >= 4 is 11.3 Å². The Morgan fingerprint density at radius 3 is 2.71 bits per heavy atom. The molecule has 6 heteroatoms. The average molecular weight is 300 g/mol. The van der Waals surface area contributed by atoms with Crippen LogP contribution in [0.4, 0.5) is 0 Å². The summed E-state index contributed by atoms with van der Waals surface area (Å²) >= 11 is 1.65. The predicted octanol–water partition coefficient (Wildman–Crippen LogP) is 3.13. The van der Waals surface area contributed by atoms with Crippen molar-refractivity contribution in [3.8, 4) is 11.5 Å². The van der Waals surface area contributed by atoms with Crippen molar-refractivity contribution in [1.29, 1.82) is 0 Å². The van der Waals surface area contributed by atoms with Crippen molar-refractivity contribution in [3.63, 3.8) is 0 Å². The molecule has 3 aromatic rings. The zero-order valence-electron chi connectivity index (χ0n) is 12.0. The number of thiazole rings is 1. The monoisotopic (exact) mass is 300 g/mol. The molecule has 0 unspecified atom stereocenters. The lowest BCUT2D eigenvalue weighted by Crippen LogP contribution is -2.17. The Kier molecular flexibility index (Phi) is 4.08. The van der Waals surface area contributed by atoms with Crippen LogP contribution in [-0.2, 0) is 13.1 Å². The first-order valence-electron chi connectivity index (χ1n) is 6.67. The van der Waals surface area contributed by atoms with E-state index < -0.39 is 0 Å². The smallest absolute Gasteiger partial charge is 0.257 e. The summed E-state index contributed by atoms with van der Waals surface area (Å²) in [4.78, 5) is 10.8. The van der Waals surface area contributed by atoms with Gasteiger partial charge in [-0.05, 0) is 26.1 Å². The second-order valence-electron chi connectivity index (χ2n) is 4.98. The first-order chi connectivity index (χ1) is 10.2. The van der Waals surface area contributed by atoms with Gasteiger partial charge in [0.25, 0.3) is 5.89 Å². The maximum absolute atomic E-state index is 5.33. The van der Waals surface area contributed by atoms with Gasteiger partial charge in [-0.2, -0.15) is 4.98 Å². The third kappa shape index (κ3) is 3.53. The molecule has 3 rings (SSSR count). The van der Waals surface area contributed by atoms with E-state index in [0.717, 1.165) is 17.1 Å². The highest BCUT2D eigenvalue weighted by Gasteiger charge is 2.11. The summed E-state index contributed by atoms with van der Waals surface area (Å²) in [5.74, 6) is 1.25. The third-order valence-corrected chi connectivity index (χ3v) is 3.83. The lowest BCUT2D eigenvalue weighted by atomic mass is 10.1. The largest absolute Gasteiger partial charge is 0.334 e. The van der Waals surface area contributed by atoms with Crippen LogP contribution in [0, 0.1) is 6.92 Å². The maximum Gasteiger partial charge on any atom is 0.257 e. The van der Waals surface area contributed by atoms with Crippen molar-refractivity contribution in [2.75, 3.05) is 7.05 Å². The van der Waals surface area contributed by atoms with E-state index in [2.05, 4.69) is 26.9 Å². The van der Waals surface area contributed by atoms with Crippen LogP contribution in [-0.4, -0.2) is 27.1 Å². The van der Waals surface area contributed by atoms with Crippen LogP contribution in [0.2, 0.25) is 0 Å². The molecule has 0 atom stereocenters. The zero-order valence-corrected chi connectivity index (χ0v) is 12.8. The molecule has 0 bridgehead atoms. The Morgan fingerprint density at radius 1 is 1.19 bits per heavy atom. The van der Waals surface area contributed by atoms with Gasteiger partial charge in [0.05, 0.1) is 13.1 Å². The van der Waals surface area contributed by atoms with Gasteiger partial charge in [0.2, 0.25) is 0 Å². The average Bonchev–Trinajstić information content (AvgIpc) is 3.11. The Balaban J connectivity index is 1.66. The highest BCUT2D eigenvalue weighted by molar-refractivity contribution is 7.09. The topological polar surface area (TPSA) is 55.1 Å². The van der Waals surface area contributed by atoms with Gasteiger partial charge in [0.1, 0.15) is 5.01 Å². The lowest BCUT2D eigenvalue weighted by molar-refractivity contribution is 0.301. The third-order valence-electron chi connectivity index (χ3n) is 3.07. The molecule has 0 aliphatic carbocycles. The summed E-state index contributed by atoms with van der Waals surface area (Å²) in [5, 5.41) is 7.10. The van der Waals surface area contributed by atoms with Crippen molar-refractivity contribution in [2.24, 2.45) is 0 Å². The highest BCUT2D eigenvalue weighted by Crippen LogP contribution is 2.18. The summed E-state index contributed by atoms with van der Waals surface area (Å²) in [6.07, 6.45) is 1.82. The molecular weight excluding hydrogens is 284 g/mol. The molecule has 0 saturated carbocycles. The Labute approximate surface area is 127 Å². The second-order valence-corrected chi connectivity index (χ2v) is 5.96. The van der Waals surface area contributed by atoms with Crippen LogP contribution in [0.3, 0.4) is 0 Å². The van der Waals surface area contributed by atoms with Crippen LogP contribution < -0.4 is 0 Å². The molecule has 2 heterocycles. The molecule has 0 radical (unpaired) electrons. The second kappa shape index (κ2) is 6.15. The summed E-state index contributed by atoms with van der Waals surface area (Å²) in [7, 11) is 2.02. The van der Waals surface area contributed by atoms with E-state index in [9.17, 15) is 0 Å². The van der Waals surface area contributed by atoms with Gasteiger partial charge in [-0.15, -0.1) is 11.3 Å². The summed E-state index contributed by atoms with van der Waals surface area (Å²) in [6, 6.07) is 8.05. The molecule has 0 N–H and O–H groups in total. The van der Waals surface area contributed by atoms with Gasteiger partial charge < -0.3 is 4.52 Å². The number of rotatable bonds is 5. The van der Waals surface area contributed by atoms with E-state index in [1.54, 1.807) is 11.3 Å². The molecule has 5 nitrogen and oxygen atoms in total. The van der Waals surface area contributed by atoms with E-state index in [1.807, 2.05) is 42.9 Å². The molecule has 1 aromatic carbocycles. The van der Waals surface area contributed by atoms with Crippen molar-refractivity contribution in [1.82, 2.24) is 20.0 Å². The number of nitrogens with zero attached hydrogens (tertiary/aromatic N) is 4. The molecule has 21 heavy (non-hydrogen) atoms. The first kappa shape index (κ1) is 13.9. The molecule has 0 saturated heterocycles. The van der Waals surface area contributed by atoms with E-state index in [1.165, 1.54) is 5.56 Å². The lowest BCUT2D eigenvalue weighted by Gasteiger charge is -2.11. The fourth-order valence-corrected chi connectivity index (χ4v) is 2.69. The number of benzene rings is 1. The van der Waals surface area contributed by atoms with Crippen molar-refractivity contribution < 1.29 is 4.52 Å². The van der Waals surface area contributed by atoms with Gasteiger partial charge >= 0.3 is 0 Å². The van der Waals surface area contributed by atoms with E-state index in [-0.39, 0.29) is 0 Å². The fourth-order valence-electron chi connectivity index (χ4n) is 1.99. The standard InChI is InChI=1S/C15H16N4OS/c1-11-3-5-12(6-4-11)15-17-13(18-20-15)9-19(2)10-14-16-7-8-21-14/h3-8H,9-10H2,1-2H3. The van der Waals surface area contributed by atoms with Gasteiger partial charge in [-0.25, -0.2) is 4.98 Å².